The highest BCUT2D eigenvalue weighted by atomic mass is 16.5. The first kappa shape index (κ1) is 16.3. The third-order valence-corrected chi connectivity index (χ3v) is 5.04. The number of aromatic hydroxyl groups is 1. The van der Waals surface area contributed by atoms with E-state index in [0.717, 1.165) is 0 Å². The van der Waals surface area contributed by atoms with Gasteiger partial charge in [0, 0.05) is 21.9 Å². The number of carbonyl (C=O) groups is 3. The van der Waals surface area contributed by atoms with Crippen LogP contribution in [0, 0.1) is 0 Å². The molecule has 0 fully saturated rings. The van der Waals surface area contributed by atoms with Crippen molar-refractivity contribution >= 4 is 39.3 Å². The van der Waals surface area contributed by atoms with E-state index in [1.165, 1.54) is 13.2 Å². The van der Waals surface area contributed by atoms with Gasteiger partial charge < -0.3 is 14.3 Å². The maximum Gasteiger partial charge on any atom is 0.339 e. The van der Waals surface area contributed by atoms with Gasteiger partial charge in [-0.05, 0) is 17.5 Å². The van der Waals surface area contributed by atoms with Crippen LogP contribution in [0.2, 0.25) is 0 Å². The largest absolute Gasteiger partial charge is 0.507 e. The van der Waals surface area contributed by atoms with Crippen molar-refractivity contribution in [1.29, 1.82) is 0 Å². The molecule has 0 radical (unpaired) electrons. The molecule has 3 aromatic carbocycles. The predicted octanol–water partition coefficient (Wildman–Crippen LogP) is 3.85. The quantitative estimate of drug-likeness (QED) is 0.449. The van der Waals surface area contributed by atoms with Gasteiger partial charge in [0.05, 0.1) is 18.2 Å². The second-order valence-corrected chi connectivity index (χ2v) is 6.50. The van der Waals surface area contributed by atoms with E-state index in [-0.39, 0.29) is 50.1 Å². The maximum absolute atomic E-state index is 13.2. The van der Waals surface area contributed by atoms with E-state index >= 15 is 0 Å². The average molecular weight is 372 g/mol. The van der Waals surface area contributed by atoms with E-state index < -0.39 is 17.5 Å². The number of phenolic OH excluding ortho intramolecular Hbond substituents is 1. The van der Waals surface area contributed by atoms with E-state index in [1.807, 2.05) is 0 Å². The van der Waals surface area contributed by atoms with E-state index in [2.05, 4.69) is 0 Å². The van der Waals surface area contributed by atoms with Crippen molar-refractivity contribution in [2.45, 2.75) is 0 Å². The molecule has 0 amide bonds. The van der Waals surface area contributed by atoms with Crippen LogP contribution in [0.3, 0.4) is 0 Å². The lowest BCUT2D eigenvalue weighted by Crippen LogP contribution is -2.19. The molecule has 5 rings (SSSR count). The van der Waals surface area contributed by atoms with Crippen LogP contribution in [0.5, 0.6) is 5.75 Å². The number of ether oxygens (including phenoxy) is 1. The SMILES string of the molecule is COC(=O)c1c2c(O)cccc2cc2oc3c(c12)C(=O)c1ccccc1C3=O. The van der Waals surface area contributed by atoms with Gasteiger partial charge in [0.1, 0.15) is 11.3 Å². The molecule has 136 valence electrons. The first-order valence-corrected chi connectivity index (χ1v) is 8.51. The summed E-state index contributed by atoms with van der Waals surface area (Å²) in [5, 5.41) is 11.3. The van der Waals surface area contributed by atoms with Gasteiger partial charge in [0.25, 0.3) is 0 Å². The van der Waals surface area contributed by atoms with Gasteiger partial charge in [0.2, 0.25) is 5.78 Å². The van der Waals surface area contributed by atoms with Crippen molar-refractivity contribution in [3.8, 4) is 5.75 Å². The van der Waals surface area contributed by atoms with E-state index in [4.69, 9.17) is 9.15 Å². The van der Waals surface area contributed by atoms with Gasteiger partial charge in [-0.25, -0.2) is 4.79 Å². The number of ketones is 2. The minimum atomic E-state index is -0.736. The molecule has 0 bridgehead atoms. The Morgan fingerprint density at radius 3 is 2.39 bits per heavy atom. The molecule has 1 aliphatic carbocycles. The van der Waals surface area contributed by atoms with Gasteiger partial charge in [-0.15, -0.1) is 0 Å². The molecule has 0 unspecified atom stereocenters. The van der Waals surface area contributed by atoms with Crippen LogP contribution in [0.15, 0.2) is 52.9 Å². The summed E-state index contributed by atoms with van der Waals surface area (Å²) in [5.74, 6) is -1.82. The lowest BCUT2D eigenvalue weighted by Gasteiger charge is -2.14. The van der Waals surface area contributed by atoms with Crippen molar-refractivity contribution in [2.75, 3.05) is 7.11 Å². The number of furan rings is 1. The molecule has 1 aromatic heterocycles. The molecule has 0 saturated carbocycles. The summed E-state index contributed by atoms with van der Waals surface area (Å²) in [6, 6.07) is 12.8. The average Bonchev–Trinajstić information content (AvgIpc) is 3.09. The molecule has 0 aliphatic heterocycles. The number of rotatable bonds is 1. The summed E-state index contributed by atoms with van der Waals surface area (Å²) in [6.45, 7) is 0. The van der Waals surface area contributed by atoms with E-state index in [0.29, 0.717) is 5.39 Å². The Morgan fingerprint density at radius 2 is 1.68 bits per heavy atom. The Morgan fingerprint density at radius 1 is 0.964 bits per heavy atom. The molecule has 28 heavy (non-hydrogen) atoms. The van der Waals surface area contributed by atoms with Crippen molar-refractivity contribution in [3.05, 3.63) is 76.5 Å². The van der Waals surface area contributed by atoms with Gasteiger partial charge in [0.15, 0.2) is 11.5 Å². The van der Waals surface area contributed by atoms with E-state index in [1.54, 1.807) is 42.5 Å². The minimum Gasteiger partial charge on any atom is -0.507 e. The number of esters is 1. The fraction of sp³-hybridized carbons (Fsp3) is 0.0455. The monoisotopic (exact) mass is 372 g/mol. The summed E-state index contributed by atoms with van der Waals surface area (Å²) in [6.07, 6.45) is 0. The Balaban J connectivity index is 2.00. The first-order valence-electron chi connectivity index (χ1n) is 8.51. The van der Waals surface area contributed by atoms with Crippen LogP contribution in [-0.2, 0) is 4.74 Å². The molecule has 1 N–H and O–H groups in total. The second-order valence-electron chi connectivity index (χ2n) is 6.50. The van der Waals surface area contributed by atoms with Gasteiger partial charge in [-0.1, -0.05) is 36.4 Å². The molecule has 0 saturated heterocycles. The van der Waals surface area contributed by atoms with Gasteiger partial charge >= 0.3 is 5.97 Å². The Labute approximate surface area is 157 Å². The standard InChI is InChI=1S/C22H12O6/c1-27-22(26)17-15-10(5-4-8-13(15)23)9-14-16(17)18-19(24)11-6-2-3-7-12(11)20(25)21(18)28-14/h2-9,23H,1H3. The highest BCUT2D eigenvalue weighted by Gasteiger charge is 2.37. The lowest BCUT2D eigenvalue weighted by molar-refractivity contribution is 0.0604. The number of hydrogen-bond acceptors (Lipinski definition) is 6. The van der Waals surface area contributed by atoms with Crippen molar-refractivity contribution in [2.24, 2.45) is 0 Å². The molecule has 1 aliphatic rings. The van der Waals surface area contributed by atoms with Crippen LogP contribution in [0.25, 0.3) is 21.7 Å². The number of benzene rings is 3. The summed E-state index contributed by atoms with van der Waals surface area (Å²) < 4.78 is 10.7. The lowest BCUT2D eigenvalue weighted by atomic mass is 9.85. The highest BCUT2D eigenvalue weighted by molar-refractivity contribution is 6.34. The van der Waals surface area contributed by atoms with Crippen LogP contribution in [-0.4, -0.2) is 29.8 Å². The van der Waals surface area contributed by atoms with Gasteiger partial charge in [-0.3, -0.25) is 9.59 Å². The molecule has 4 aromatic rings. The third kappa shape index (κ3) is 1.94. The summed E-state index contributed by atoms with van der Waals surface area (Å²) in [4.78, 5) is 38.7. The minimum absolute atomic E-state index is 0.00127. The molecular weight excluding hydrogens is 360 g/mol. The number of methoxy groups -OCH3 is 1. The molecule has 6 heteroatoms. The first-order chi connectivity index (χ1) is 13.5. The fourth-order valence-corrected chi connectivity index (χ4v) is 3.83. The zero-order valence-corrected chi connectivity index (χ0v) is 14.6. The van der Waals surface area contributed by atoms with Crippen LogP contribution in [0.4, 0.5) is 0 Å². The zero-order valence-electron chi connectivity index (χ0n) is 14.6. The van der Waals surface area contributed by atoms with Gasteiger partial charge in [-0.2, -0.15) is 0 Å². The number of fused-ring (bicyclic) bond motifs is 5. The molecule has 0 atom stereocenters. The van der Waals surface area contributed by atoms with Crippen LogP contribution >= 0.6 is 0 Å². The molecule has 1 heterocycles. The number of carbonyl (C=O) groups excluding carboxylic acids is 3. The maximum atomic E-state index is 13.2. The normalized spacial score (nSPS) is 12.9. The Hall–Kier alpha value is -3.93. The fourth-order valence-electron chi connectivity index (χ4n) is 3.83. The molecule has 6 nitrogen and oxygen atoms in total. The number of phenols is 1. The van der Waals surface area contributed by atoms with E-state index in [9.17, 15) is 19.5 Å². The Kier molecular flexibility index (Phi) is 3.21. The van der Waals surface area contributed by atoms with Crippen molar-refractivity contribution in [1.82, 2.24) is 0 Å². The molecule has 0 spiro atoms. The summed E-state index contributed by atoms with van der Waals surface area (Å²) in [5.41, 5.74) is 0.725. The Bertz CT molecular complexity index is 1360. The molecular formula is C22H12O6. The van der Waals surface area contributed by atoms with Crippen molar-refractivity contribution in [3.63, 3.8) is 0 Å². The second kappa shape index (κ2) is 5.53. The zero-order chi connectivity index (χ0) is 19.6. The predicted molar refractivity (Wildman–Crippen MR) is 100 cm³/mol. The van der Waals surface area contributed by atoms with Crippen LogP contribution < -0.4 is 0 Å². The topological polar surface area (TPSA) is 93.8 Å². The summed E-state index contributed by atoms with van der Waals surface area (Å²) in [7, 11) is 1.21. The third-order valence-electron chi connectivity index (χ3n) is 5.04. The van der Waals surface area contributed by atoms with Crippen LogP contribution in [0.1, 0.15) is 42.4 Å². The summed E-state index contributed by atoms with van der Waals surface area (Å²) >= 11 is 0. The van der Waals surface area contributed by atoms with Crippen molar-refractivity contribution < 1.29 is 28.6 Å². The number of hydrogen-bond donors (Lipinski definition) is 1. The highest BCUT2D eigenvalue weighted by Crippen LogP contribution is 2.41. The smallest absolute Gasteiger partial charge is 0.339 e.